The number of nitrogens with one attached hydrogen (secondary N) is 2. The number of rotatable bonds is 5. The number of fused-ring (bicyclic) bond motifs is 5. The van der Waals surface area contributed by atoms with Gasteiger partial charge in [0.15, 0.2) is 0 Å². The Morgan fingerprint density at radius 1 is 0.902 bits per heavy atom. The zero-order valence-corrected chi connectivity index (χ0v) is 24.0. The van der Waals surface area contributed by atoms with E-state index in [1.54, 1.807) is 4.90 Å². The van der Waals surface area contributed by atoms with Crippen LogP contribution in [0.4, 0.5) is 16.2 Å². The summed E-state index contributed by atoms with van der Waals surface area (Å²) in [6, 6.07) is 14.8. The SMILES string of the molecule is Cc1cccc(NC(=O)NC2N=C(C3CCCCC3)c3ccccc3N(CC(=O)N3CC4CCC(CC4)C3)C2=O)c1. The molecule has 3 heterocycles. The van der Waals surface area contributed by atoms with Crippen molar-refractivity contribution in [1.29, 1.82) is 0 Å². The molecule has 2 saturated carbocycles. The first-order valence-corrected chi connectivity index (χ1v) is 15.3. The van der Waals surface area contributed by atoms with Gasteiger partial charge in [0.05, 0.1) is 11.4 Å². The smallest absolute Gasteiger partial charge is 0.321 e. The molecule has 5 aliphatic rings. The molecule has 2 bridgehead atoms. The third-order valence-electron chi connectivity index (χ3n) is 9.34. The van der Waals surface area contributed by atoms with Gasteiger partial charge < -0.3 is 15.5 Å². The molecule has 41 heavy (non-hydrogen) atoms. The fourth-order valence-corrected chi connectivity index (χ4v) is 7.16. The molecule has 4 amide bonds. The number of para-hydroxylation sites is 1. The molecule has 7 rings (SSSR count). The van der Waals surface area contributed by atoms with E-state index >= 15 is 0 Å². The number of urea groups is 1. The van der Waals surface area contributed by atoms with Crippen LogP contribution in [0.15, 0.2) is 53.5 Å². The van der Waals surface area contributed by atoms with E-state index in [1.807, 2.05) is 60.4 Å². The summed E-state index contributed by atoms with van der Waals surface area (Å²) >= 11 is 0. The summed E-state index contributed by atoms with van der Waals surface area (Å²) in [5.41, 5.74) is 4.12. The predicted octanol–water partition coefficient (Wildman–Crippen LogP) is 5.51. The van der Waals surface area contributed by atoms with Gasteiger partial charge >= 0.3 is 6.03 Å². The van der Waals surface area contributed by atoms with Gasteiger partial charge in [-0.05, 0) is 81.0 Å². The average Bonchev–Trinajstić information content (AvgIpc) is 3.37. The highest BCUT2D eigenvalue weighted by Gasteiger charge is 2.38. The number of hydrogen-bond acceptors (Lipinski definition) is 4. The van der Waals surface area contributed by atoms with Gasteiger partial charge in [-0.3, -0.25) is 19.5 Å². The molecule has 2 aromatic carbocycles. The number of carbonyl (C=O) groups is 3. The molecule has 0 aromatic heterocycles. The maximum atomic E-state index is 14.2. The lowest BCUT2D eigenvalue weighted by atomic mass is 9.83. The molecular formula is C33H41N5O3. The first-order chi connectivity index (χ1) is 19.9. The van der Waals surface area contributed by atoms with Crippen LogP contribution in [-0.2, 0) is 9.59 Å². The molecule has 3 aliphatic heterocycles. The summed E-state index contributed by atoms with van der Waals surface area (Å²) < 4.78 is 0. The molecule has 0 radical (unpaired) electrons. The molecule has 1 atom stereocenters. The van der Waals surface area contributed by atoms with Gasteiger partial charge in [0.2, 0.25) is 12.1 Å². The van der Waals surface area contributed by atoms with E-state index in [1.165, 1.54) is 32.1 Å². The number of hydrogen-bond donors (Lipinski definition) is 2. The Hall–Kier alpha value is -3.68. The maximum absolute atomic E-state index is 14.2. The number of carbonyl (C=O) groups excluding carboxylic acids is 3. The monoisotopic (exact) mass is 555 g/mol. The van der Waals surface area contributed by atoms with Crippen molar-refractivity contribution in [2.45, 2.75) is 70.9 Å². The van der Waals surface area contributed by atoms with E-state index in [0.717, 1.165) is 55.6 Å². The quantitative estimate of drug-likeness (QED) is 0.510. The number of benzene rings is 2. The normalized spacial score (nSPS) is 24.7. The third kappa shape index (κ3) is 6.16. The standard InChI is InChI=1S/C33H41N5O3/c1-22-8-7-11-26(18-22)34-33(41)36-31-32(40)38(21-29(39)37-19-23-14-15-24(20-37)17-16-23)28-13-6-5-12-27(28)30(35-31)25-9-3-2-4-10-25/h5-8,11-13,18,23-25,31H,2-4,9-10,14-17,19-21H2,1H3,(H2,34,36,41). The predicted molar refractivity (Wildman–Crippen MR) is 161 cm³/mol. The van der Waals surface area contributed by atoms with E-state index in [9.17, 15) is 14.4 Å². The van der Waals surface area contributed by atoms with Crippen LogP contribution in [0.25, 0.3) is 0 Å². The van der Waals surface area contributed by atoms with Crippen LogP contribution in [0.3, 0.4) is 0 Å². The molecule has 2 aliphatic carbocycles. The van der Waals surface area contributed by atoms with Gasteiger partial charge in [0.1, 0.15) is 6.54 Å². The van der Waals surface area contributed by atoms with Crippen molar-refractivity contribution >= 4 is 34.9 Å². The minimum atomic E-state index is -1.13. The summed E-state index contributed by atoms with van der Waals surface area (Å²) in [6.07, 6.45) is 9.03. The van der Waals surface area contributed by atoms with Crippen molar-refractivity contribution in [3.05, 3.63) is 59.7 Å². The van der Waals surface area contributed by atoms with E-state index in [4.69, 9.17) is 4.99 Å². The second-order valence-electron chi connectivity index (χ2n) is 12.3. The van der Waals surface area contributed by atoms with Crippen molar-refractivity contribution in [2.75, 3.05) is 29.9 Å². The van der Waals surface area contributed by atoms with Crippen molar-refractivity contribution < 1.29 is 14.4 Å². The van der Waals surface area contributed by atoms with Crippen molar-refractivity contribution in [3.8, 4) is 0 Å². The van der Waals surface area contributed by atoms with Crippen LogP contribution in [-0.4, -0.2) is 54.3 Å². The van der Waals surface area contributed by atoms with Gasteiger partial charge in [-0.1, -0.05) is 49.6 Å². The third-order valence-corrected chi connectivity index (χ3v) is 9.34. The first-order valence-electron chi connectivity index (χ1n) is 15.3. The molecule has 2 aromatic rings. The lowest BCUT2D eigenvalue weighted by Crippen LogP contribution is -2.52. The molecule has 4 fully saturated rings. The lowest BCUT2D eigenvalue weighted by molar-refractivity contribution is -0.132. The Morgan fingerprint density at radius 2 is 1.61 bits per heavy atom. The molecule has 8 nitrogen and oxygen atoms in total. The van der Waals surface area contributed by atoms with E-state index < -0.39 is 12.2 Å². The Morgan fingerprint density at radius 3 is 2.32 bits per heavy atom. The average molecular weight is 556 g/mol. The zero-order chi connectivity index (χ0) is 28.3. The molecule has 8 heteroatoms. The highest BCUT2D eigenvalue weighted by Crippen LogP contribution is 2.36. The highest BCUT2D eigenvalue weighted by molar-refractivity contribution is 6.15. The van der Waals surface area contributed by atoms with Crippen molar-refractivity contribution in [3.63, 3.8) is 0 Å². The topological polar surface area (TPSA) is 94.1 Å². The van der Waals surface area contributed by atoms with Crippen molar-refractivity contribution in [1.82, 2.24) is 10.2 Å². The maximum Gasteiger partial charge on any atom is 0.321 e. The van der Waals surface area contributed by atoms with Gasteiger partial charge in [-0.25, -0.2) is 4.79 Å². The molecule has 1 unspecified atom stereocenters. The second-order valence-corrected chi connectivity index (χ2v) is 12.3. The first kappa shape index (κ1) is 27.5. The molecule has 2 N–H and O–H groups in total. The summed E-state index contributed by atoms with van der Waals surface area (Å²) in [7, 11) is 0. The van der Waals surface area contributed by atoms with Gasteiger partial charge in [0.25, 0.3) is 5.91 Å². The van der Waals surface area contributed by atoms with E-state index in [0.29, 0.717) is 23.2 Å². The minimum absolute atomic E-state index is 0.0315. The summed E-state index contributed by atoms with van der Waals surface area (Å²) in [5, 5.41) is 5.70. The second kappa shape index (κ2) is 12.0. The van der Waals surface area contributed by atoms with Gasteiger partial charge in [0, 0.05) is 30.3 Å². The van der Waals surface area contributed by atoms with Gasteiger partial charge in [-0.15, -0.1) is 0 Å². The summed E-state index contributed by atoms with van der Waals surface area (Å²) in [4.78, 5) is 49.7. The van der Waals surface area contributed by atoms with Crippen LogP contribution in [0, 0.1) is 24.7 Å². The Bertz CT molecular complexity index is 1310. The summed E-state index contributed by atoms with van der Waals surface area (Å²) in [6.45, 7) is 3.44. The van der Waals surface area contributed by atoms with E-state index in [-0.39, 0.29) is 24.3 Å². The number of amides is 4. The number of aryl methyl sites for hydroxylation is 1. The lowest BCUT2D eigenvalue weighted by Gasteiger charge is -2.29. The number of aliphatic imine (C=N–C) groups is 1. The Balaban J connectivity index is 1.30. The van der Waals surface area contributed by atoms with Crippen LogP contribution in [0.2, 0.25) is 0 Å². The highest BCUT2D eigenvalue weighted by atomic mass is 16.2. The molecule has 0 spiro atoms. The Kier molecular flexibility index (Phi) is 8.08. The number of nitrogens with zero attached hydrogens (tertiary/aromatic N) is 3. The molecular weight excluding hydrogens is 514 g/mol. The van der Waals surface area contributed by atoms with E-state index in [2.05, 4.69) is 10.6 Å². The number of anilines is 2. The van der Waals surface area contributed by atoms with Gasteiger partial charge in [-0.2, -0.15) is 0 Å². The van der Waals surface area contributed by atoms with Crippen LogP contribution < -0.4 is 15.5 Å². The van der Waals surface area contributed by atoms with Crippen molar-refractivity contribution in [2.24, 2.45) is 22.7 Å². The Labute approximate surface area is 242 Å². The van der Waals surface area contributed by atoms with Crippen LogP contribution >= 0.6 is 0 Å². The minimum Gasteiger partial charge on any atom is -0.341 e. The fraction of sp³-hybridized carbons (Fsp3) is 0.515. The zero-order valence-electron chi connectivity index (χ0n) is 24.0. The fourth-order valence-electron chi connectivity index (χ4n) is 7.16. The molecule has 216 valence electrons. The molecule has 2 saturated heterocycles. The summed E-state index contributed by atoms with van der Waals surface area (Å²) in [5.74, 6) is 0.889. The largest absolute Gasteiger partial charge is 0.341 e. The number of benzodiazepines with no additional fused rings is 1. The van der Waals surface area contributed by atoms with Crippen LogP contribution in [0.1, 0.15) is 68.9 Å². The van der Waals surface area contributed by atoms with Crippen LogP contribution in [0.5, 0.6) is 0 Å².